The Labute approximate surface area is 107 Å². The summed E-state index contributed by atoms with van der Waals surface area (Å²) in [5, 5.41) is 4.91. The second kappa shape index (κ2) is 6.64. The first kappa shape index (κ1) is 14.0. The maximum atomic E-state index is 11.6. The molecule has 0 saturated heterocycles. The summed E-state index contributed by atoms with van der Waals surface area (Å²) in [6.45, 7) is 6.80. The number of carbonyl (C=O) groups excluding carboxylic acids is 2. The van der Waals surface area contributed by atoms with Crippen LogP contribution in [0.3, 0.4) is 0 Å². The van der Waals surface area contributed by atoms with Crippen LogP contribution in [0.25, 0.3) is 0 Å². The molecular formula is C13H19N3O2. The second-order valence-electron chi connectivity index (χ2n) is 3.93. The van der Waals surface area contributed by atoms with Crippen LogP contribution in [0, 0.1) is 6.92 Å². The number of carbonyl (C=O) groups is 2. The minimum absolute atomic E-state index is 0.384. The Morgan fingerprint density at radius 1 is 1.22 bits per heavy atom. The van der Waals surface area contributed by atoms with Crippen molar-refractivity contribution in [1.29, 1.82) is 0 Å². The lowest BCUT2D eigenvalue weighted by molar-refractivity contribution is 0.202. The van der Waals surface area contributed by atoms with Gasteiger partial charge in [-0.2, -0.15) is 0 Å². The number of urea groups is 2. The summed E-state index contributed by atoms with van der Waals surface area (Å²) in [6, 6.07) is 6.49. The highest BCUT2D eigenvalue weighted by molar-refractivity contribution is 6.00. The van der Waals surface area contributed by atoms with Crippen LogP contribution >= 0.6 is 0 Å². The third-order valence-electron chi connectivity index (χ3n) is 2.55. The molecule has 98 valence electrons. The van der Waals surface area contributed by atoms with Crippen molar-refractivity contribution in [1.82, 2.24) is 10.2 Å². The van der Waals surface area contributed by atoms with Crippen LogP contribution in [-0.4, -0.2) is 30.1 Å². The van der Waals surface area contributed by atoms with Crippen LogP contribution in [0.15, 0.2) is 24.3 Å². The number of benzene rings is 1. The quantitative estimate of drug-likeness (QED) is 0.864. The summed E-state index contributed by atoms with van der Waals surface area (Å²) in [5.41, 5.74) is 1.71. The fourth-order valence-corrected chi connectivity index (χ4v) is 1.57. The van der Waals surface area contributed by atoms with Gasteiger partial charge in [0.25, 0.3) is 0 Å². The van der Waals surface area contributed by atoms with Gasteiger partial charge in [-0.15, -0.1) is 0 Å². The number of aryl methyl sites for hydroxylation is 1. The van der Waals surface area contributed by atoms with E-state index < -0.39 is 6.03 Å². The van der Waals surface area contributed by atoms with E-state index in [-0.39, 0.29) is 6.03 Å². The largest absolute Gasteiger partial charge is 0.327 e. The molecule has 0 aliphatic carbocycles. The van der Waals surface area contributed by atoms with Gasteiger partial charge in [0.15, 0.2) is 0 Å². The first-order chi connectivity index (χ1) is 8.56. The molecular weight excluding hydrogens is 230 g/mol. The van der Waals surface area contributed by atoms with Crippen molar-refractivity contribution in [2.45, 2.75) is 20.8 Å². The van der Waals surface area contributed by atoms with Crippen molar-refractivity contribution >= 4 is 17.7 Å². The van der Waals surface area contributed by atoms with Crippen LogP contribution in [0.1, 0.15) is 19.4 Å². The Bertz CT molecular complexity index is 428. The van der Waals surface area contributed by atoms with Gasteiger partial charge in [-0.3, -0.25) is 5.32 Å². The number of hydrogen-bond donors (Lipinski definition) is 2. The van der Waals surface area contributed by atoms with Crippen molar-refractivity contribution in [3.63, 3.8) is 0 Å². The molecule has 4 amide bonds. The molecule has 0 aromatic heterocycles. The average molecular weight is 249 g/mol. The van der Waals surface area contributed by atoms with Crippen molar-refractivity contribution in [2.24, 2.45) is 0 Å². The van der Waals surface area contributed by atoms with E-state index >= 15 is 0 Å². The van der Waals surface area contributed by atoms with Gasteiger partial charge >= 0.3 is 12.1 Å². The van der Waals surface area contributed by atoms with Crippen LogP contribution in [0.2, 0.25) is 0 Å². The van der Waals surface area contributed by atoms with Gasteiger partial charge in [0, 0.05) is 18.8 Å². The van der Waals surface area contributed by atoms with E-state index in [1.165, 1.54) is 4.90 Å². The minimum atomic E-state index is -0.516. The third kappa shape index (κ3) is 4.08. The Morgan fingerprint density at radius 3 is 2.44 bits per heavy atom. The van der Waals surface area contributed by atoms with Gasteiger partial charge in [0.05, 0.1) is 0 Å². The van der Waals surface area contributed by atoms with Crippen LogP contribution < -0.4 is 10.6 Å². The summed E-state index contributed by atoms with van der Waals surface area (Å²) in [7, 11) is 0. The number of anilines is 1. The Balaban J connectivity index is 2.54. The molecule has 1 rings (SSSR count). The van der Waals surface area contributed by atoms with E-state index in [4.69, 9.17) is 0 Å². The van der Waals surface area contributed by atoms with Gasteiger partial charge in [-0.25, -0.2) is 9.59 Å². The zero-order valence-electron chi connectivity index (χ0n) is 11.0. The summed E-state index contributed by atoms with van der Waals surface area (Å²) >= 11 is 0. The van der Waals surface area contributed by atoms with Gasteiger partial charge < -0.3 is 10.2 Å². The summed E-state index contributed by atoms with van der Waals surface area (Å²) in [5.74, 6) is 0. The first-order valence-electron chi connectivity index (χ1n) is 6.00. The number of hydrogen-bond acceptors (Lipinski definition) is 2. The highest BCUT2D eigenvalue weighted by atomic mass is 16.2. The highest BCUT2D eigenvalue weighted by Crippen LogP contribution is 2.08. The fourth-order valence-electron chi connectivity index (χ4n) is 1.57. The van der Waals surface area contributed by atoms with E-state index in [9.17, 15) is 9.59 Å². The molecule has 0 radical (unpaired) electrons. The van der Waals surface area contributed by atoms with Crippen molar-refractivity contribution in [3.05, 3.63) is 29.8 Å². The lowest BCUT2D eigenvalue weighted by Crippen LogP contribution is -2.44. The maximum absolute atomic E-state index is 11.6. The standard InChI is InChI=1S/C13H19N3O2/c1-4-16(5-2)13(18)15-12(17)14-11-8-6-7-10(3)9-11/h6-9H,4-5H2,1-3H3,(H2,14,15,17,18). The molecule has 5 nitrogen and oxygen atoms in total. The van der Waals surface area contributed by atoms with E-state index in [1.807, 2.05) is 39.0 Å². The van der Waals surface area contributed by atoms with Gasteiger partial charge in [0.2, 0.25) is 0 Å². The molecule has 1 aromatic carbocycles. The van der Waals surface area contributed by atoms with Crippen molar-refractivity contribution in [3.8, 4) is 0 Å². The van der Waals surface area contributed by atoms with Gasteiger partial charge in [-0.05, 0) is 38.5 Å². The topological polar surface area (TPSA) is 61.4 Å². The summed E-state index contributed by atoms with van der Waals surface area (Å²) < 4.78 is 0. The van der Waals surface area contributed by atoms with E-state index in [1.54, 1.807) is 6.07 Å². The lowest BCUT2D eigenvalue weighted by Gasteiger charge is -2.18. The Morgan fingerprint density at radius 2 is 1.89 bits per heavy atom. The number of rotatable bonds is 3. The number of nitrogens with one attached hydrogen (secondary N) is 2. The fraction of sp³-hybridized carbons (Fsp3) is 0.385. The van der Waals surface area contributed by atoms with Gasteiger partial charge in [0.1, 0.15) is 0 Å². The molecule has 0 unspecified atom stereocenters. The zero-order chi connectivity index (χ0) is 13.5. The molecule has 0 aliphatic rings. The average Bonchev–Trinajstić information content (AvgIpc) is 2.30. The molecule has 0 heterocycles. The first-order valence-corrected chi connectivity index (χ1v) is 6.00. The molecule has 18 heavy (non-hydrogen) atoms. The Hall–Kier alpha value is -2.04. The van der Waals surface area contributed by atoms with E-state index in [2.05, 4.69) is 10.6 Å². The van der Waals surface area contributed by atoms with Crippen LogP contribution in [0.5, 0.6) is 0 Å². The molecule has 0 saturated carbocycles. The predicted octanol–water partition coefficient (Wildman–Crippen LogP) is 2.58. The van der Waals surface area contributed by atoms with Crippen molar-refractivity contribution in [2.75, 3.05) is 18.4 Å². The zero-order valence-corrected chi connectivity index (χ0v) is 11.0. The number of nitrogens with zero attached hydrogens (tertiary/aromatic N) is 1. The molecule has 2 N–H and O–H groups in total. The molecule has 1 aromatic rings. The van der Waals surface area contributed by atoms with Crippen molar-refractivity contribution < 1.29 is 9.59 Å². The van der Waals surface area contributed by atoms with Crippen LogP contribution in [-0.2, 0) is 0 Å². The molecule has 5 heteroatoms. The SMILES string of the molecule is CCN(CC)C(=O)NC(=O)Nc1cccc(C)c1. The molecule has 0 atom stereocenters. The lowest BCUT2D eigenvalue weighted by atomic mass is 10.2. The third-order valence-corrected chi connectivity index (χ3v) is 2.55. The predicted molar refractivity (Wildman–Crippen MR) is 71.7 cm³/mol. The number of amides is 4. The van der Waals surface area contributed by atoms with E-state index in [0.29, 0.717) is 18.8 Å². The summed E-state index contributed by atoms with van der Waals surface area (Å²) in [6.07, 6.45) is 0. The molecule has 0 fully saturated rings. The van der Waals surface area contributed by atoms with Gasteiger partial charge in [-0.1, -0.05) is 12.1 Å². The molecule has 0 aliphatic heterocycles. The molecule has 0 bridgehead atoms. The number of imide groups is 1. The maximum Gasteiger partial charge on any atom is 0.327 e. The normalized spacial score (nSPS) is 9.72. The monoisotopic (exact) mass is 249 g/mol. The summed E-state index contributed by atoms with van der Waals surface area (Å²) in [4.78, 5) is 24.8. The van der Waals surface area contributed by atoms with E-state index in [0.717, 1.165) is 5.56 Å². The smallest absolute Gasteiger partial charge is 0.325 e. The second-order valence-corrected chi connectivity index (χ2v) is 3.93. The highest BCUT2D eigenvalue weighted by Gasteiger charge is 2.12. The van der Waals surface area contributed by atoms with Crippen LogP contribution in [0.4, 0.5) is 15.3 Å². The Kier molecular flexibility index (Phi) is 5.17. The molecule has 0 spiro atoms. The minimum Gasteiger partial charge on any atom is -0.325 e.